The van der Waals surface area contributed by atoms with E-state index in [2.05, 4.69) is 24.9 Å². The van der Waals surface area contributed by atoms with Crippen molar-refractivity contribution >= 4 is 22.6 Å². The van der Waals surface area contributed by atoms with Gasteiger partial charge in [0.15, 0.2) is 0 Å². The summed E-state index contributed by atoms with van der Waals surface area (Å²) in [5.74, 6) is 0.120. The molecule has 0 aliphatic carbocycles. The van der Waals surface area contributed by atoms with Crippen LogP contribution in [-0.4, -0.2) is 40.2 Å². The molecule has 0 radical (unpaired) electrons. The number of halogens is 3. The highest BCUT2D eigenvalue weighted by Crippen LogP contribution is 2.24. The average molecular weight is 430 g/mol. The zero-order valence-electron chi connectivity index (χ0n) is 16.7. The van der Waals surface area contributed by atoms with Crippen molar-refractivity contribution in [3.8, 4) is 5.75 Å². The maximum absolute atomic E-state index is 12.7. The minimum absolute atomic E-state index is 0.190. The van der Waals surface area contributed by atoms with E-state index in [-0.39, 0.29) is 11.3 Å². The monoisotopic (exact) mass is 430 g/mol. The summed E-state index contributed by atoms with van der Waals surface area (Å²) in [5.41, 5.74) is 0.906. The van der Waals surface area contributed by atoms with Gasteiger partial charge in [0, 0.05) is 10.9 Å². The fraction of sp³-hybridized carbons (Fsp3) is 0.318. The lowest BCUT2D eigenvalue weighted by Gasteiger charge is -2.25. The fourth-order valence-electron chi connectivity index (χ4n) is 3.60. The van der Waals surface area contributed by atoms with E-state index in [0.717, 1.165) is 38.1 Å². The first-order valence-electron chi connectivity index (χ1n) is 10.0. The molecule has 0 unspecified atom stereocenters. The van der Waals surface area contributed by atoms with Crippen LogP contribution in [0.5, 0.6) is 5.75 Å². The van der Waals surface area contributed by atoms with Crippen LogP contribution in [0, 0.1) is 0 Å². The predicted molar refractivity (Wildman–Crippen MR) is 110 cm³/mol. The molecular formula is C22H21F3N4O2. The van der Waals surface area contributed by atoms with Crippen LogP contribution in [0.1, 0.15) is 35.4 Å². The highest BCUT2D eigenvalue weighted by molar-refractivity contribution is 6.07. The number of para-hydroxylation sites is 1. The molecule has 2 aromatic carbocycles. The molecule has 1 aliphatic heterocycles. The number of benzene rings is 2. The Morgan fingerprint density at radius 2 is 1.71 bits per heavy atom. The molecule has 1 amide bonds. The average Bonchev–Trinajstić information content (AvgIpc) is 2.74. The minimum atomic E-state index is -4.78. The highest BCUT2D eigenvalue weighted by atomic mass is 19.4. The summed E-state index contributed by atoms with van der Waals surface area (Å²) in [5, 5.41) is 3.47. The maximum Gasteiger partial charge on any atom is 0.573 e. The van der Waals surface area contributed by atoms with Crippen LogP contribution in [0.4, 0.5) is 19.0 Å². The second-order valence-corrected chi connectivity index (χ2v) is 7.37. The third kappa shape index (κ3) is 5.49. The van der Waals surface area contributed by atoms with Crippen molar-refractivity contribution in [2.24, 2.45) is 0 Å². The first kappa shape index (κ1) is 21.0. The Bertz CT molecular complexity index is 1060. The van der Waals surface area contributed by atoms with Crippen LogP contribution >= 0.6 is 0 Å². The summed E-state index contributed by atoms with van der Waals surface area (Å²) in [7, 11) is 0. The lowest BCUT2D eigenvalue weighted by atomic mass is 10.1. The molecule has 0 saturated carbocycles. The minimum Gasteiger partial charge on any atom is -0.406 e. The zero-order valence-corrected chi connectivity index (χ0v) is 16.7. The molecule has 6 nitrogen and oxygen atoms in total. The SMILES string of the molecule is O=C(Nc1nc(CN2CCCCC2)nc2ccccc12)c1ccc(OC(F)(F)F)cc1. The number of carbonyl (C=O) groups is 1. The van der Waals surface area contributed by atoms with Crippen LogP contribution in [0.25, 0.3) is 10.9 Å². The lowest BCUT2D eigenvalue weighted by Crippen LogP contribution is -2.30. The van der Waals surface area contributed by atoms with Gasteiger partial charge >= 0.3 is 6.36 Å². The Balaban J connectivity index is 1.55. The molecule has 1 aliphatic rings. The molecular weight excluding hydrogens is 409 g/mol. The van der Waals surface area contributed by atoms with Gasteiger partial charge in [0.05, 0.1) is 12.1 Å². The molecule has 0 atom stereocenters. The Morgan fingerprint density at radius 3 is 2.42 bits per heavy atom. The van der Waals surface area contributed by atoms with Crippen molar-refractivity contribution in [2.45, 2.75) is 32.2 Å². The Morgan fingerprint density at radius 1 is 1.00 bits per heavy atom. The molecule has 1 aromatic heterocycles. The highest BCUT2D eigenvalue weighted by Gasteiger charge is 2.31. The van der Waals surface area contributed by atoms with E-state index in [1.165, 1.54) is 18.6 Å². The Labute approximate surface area is 177 Å². The summed E-state index contributed by atoms with van der Waals surface area (Å²) < 4.78 is 40.8. The van der Waals surface area contributed by atoms with Gasteiger partial charge in [0.2, 0.25) is 0 Å². The smallest absolute Gasteiger partial charge is 0.406 e. The van der Waals surface area contributed by atoms with Crippen LogP contribution in [0.3, 0.4) is 0 Å². The topological polar surface area (TPSA) is 67.4 Å². The number of ether oxygens (including phenoxy) is 1. The normalized spacial score (nSPS) is 15.1. The number of piperidine rings is 1. The van der Waals surface area contributed by atoms with E-state index in [0.29, 0.717) is 29.1 Å². The molecule has 1 saturated heterocycles. The van der Waals surface area contributed by atoms with Crippen molar-refractivity contribution in [2.75, 3.05) is 18.4 Å². The summed E-state index contributed by atoms with van der Waals surface area (Å²) in [6.07, 6.45) is -1.27. The quantitative estimate of drug-likeness (QED) is 0.632. The third-order valence-electron chi connectivity index (χ3n) is 5.05. The number of anilines is 1. The molecule has 162 valence electrons. The van der Waals surface area contributed by atoms with Crippen molar-refractivity contribution in [3.05, 3.63) is 59.9 Å². The van der Waals surface area contributed by atoms with E-state index >= 15 is 0 Å². The van der Waals surface area contributed by atoms with E-state index in [1.807, 2.05) is 24.3 Å². The van der Waals surface area contributed by atoms with Gasteiger partial charge in [0.25, 0.3) is 5.91 Å². The number of hydrogen-bond acceptors (Lipinski definition) is 5. The van der Waals surface area contributed by atoms with Crippen LogP contribution in [0.15, 0.2) is 48.5 Å². The van der Waals surface area contributed by atoms with Crippen molar-refractivity contribution in [1.29, 1.82) is 0 Å². The number of alkyl halides is 3. The second kappa shape index (κ2) is 8.89. The van der Waals surface area contributed by atoms with Crippen molar-refractivity contribution in [3.63, 3.8) is 0 Å². The van der Waals surface area contributed by atoms with Gasteiger partial charge in [-0.1, -0.05) is 18.6 Å². The summed E-state index contributed by atoms with van der Waals surface area (Å²) >= 11 is 0. The van der Waals surface area contributed by atoms with Gasteiger partial charge in [-0.2, -0.15) is 0 Å². The van der Waals surface area contributed by atoms with Gasteiger partial charge in [-0.25, -0.2) is 9.97 Å². The molecule has 1 N–H and O–H groups in total. The third-order valence-corrected chi connectivity index (χ3v) is 5.05. The summed E-state index contributed by atoms with van der Waals surface area (Å²) in [6, 6.07) is 12.1. The van der Waals surface area contributed by atoms with E-state index in [1.54, 1.807) is 0 Å². The molecule has 2 heterocycles. The number of aromatic nitrogens is 2. The summed E-state index contributed by atoms with van der Waals surface area (Å²) in [4.78, 5) is 24.2. The molecule has 4 rings (SSSR count). The van der Waals surface area contributed by atoms with Gasteiger partial charge in [0.1, 0.15) is 17.4 Å². The number of carbonyl (C=O) groups excluding carboxylic acids is 1. The summed E-state index contributed by atoms with van der Waals surface area (Å²) in [6.45, 7) is 2.58. The molecule has 0 bridgehead atoms. The molecule has 1 fully saturated rings. The first-order chi connectivity index (χ1) is 14.9. The van der Waals surface area contributed by atoms with E-state index in [9.17, 15) is 18.0 Å². The van der Waals surface area contributed by atoms with Gasteiger partial charge in [-0.05, 0) is 62.3 Å². The largest absolute Gasteiger partial charge is 0.573 e. The number of likely N-dealkylation sites (tertiary alicyclic amines) is 1. The van der Waals surface area contributed by atoms with Crippen LogP contribution in [-0.2, 0) is 6.54 Å². The molecule has 3 aromatic rings. The number of nitrogens with zero attached hydrogens (tertiary/aromatic N) is 3. The number of hydrogen-bond donors (Lipinski definition) is 1. The number of nitrogens with one attached hydrogen (secondary N) is 1. The van der Waals surface area contributed by atoms with Crippen molar-refractivity contribution in [1.82, 2.24) is 14.9 Å². The number of rotatable bonds is 5. The van der Waals surface area contributed by atoms with E-state index in [4.69, 9.17) is 0 Å². The second-order valence-electron chi connectivity index (χ2n) is 7.37. The van der Waals surface area contributed by atoms with Crippen molar-refractivity contribution < 1.29 is 22.7 Å². The van der Waals surface area contributed by atoms with Crippen LogP contribution < -0.4 is 10.1 Å². The Hall–Kier alpha value is -3.20. The standard InChI is InChI=1S/C22H21F3N4O2/c23-22(24,25)31-16-10-8-15(9-11-16)21(30)28-20-17-6-2-3-7-18(17)26-19(27-20)14-29-12-4-1-5-13-29/h2-3,6-11H,1,4-5,12-14H2,(H,26,27,28,30). The van der Waals surface area contributed by atoms with Gasteiger partial charge < -0.3 is 10.1 Å². The van der Waals surface area contributed by atoms with Gasteiger partial charge in [-0.3, -0.25) is 9.69 Å². The number of fused-ring (bicyclic) bond motifs is 1. The lowest BCUT2D eigenvalue weighted by molar-refractivity contribution is -0.274. The Kier molecular flexibility index (Phi) is 6.03. The zero-order chi connectivity index (χ0) is 21.8. The van der Waals surface area contributed by atoms with Crippen LogP contribution in [0.2, 0.25) is 0 Å². The maximum atomic E-state index is 12.7. The van der Waals surface area contributed by atoms with Gasteiger partial charge in [-0.15, -0.1) is 13.2 Å². The predicted octanol–water partition coefficient (Wildman–Crippen LogP) is 4.77. The van der Waals surface area contributed by atoms with E-state index < -0.39 is 12.3 Å². The molecule has 31 heavy (non-hydrogen) atoms. The number of amides is 1. The fourth-order valence-corrected chi connectivity index (χ4v) is 3.60. The molecule has 9 heteroatoms. The molecule has 0 spiro atoms. The first-order valence-corrected chi connectivity index (χ1v) is 10.0.